The molecule has 0 aromatic rings. The van der Waals surface area contributed by atoms with Gasteiger partial charge in [-0.25, -0.2) is 0 Å². The molecule has 0 amide bonds. The van der Waals surface area contributed by atoms with E-state index >= 15 is 0 Å². The molecule has 0 rings (SSSR count). The summed E-state index contributed by atoms with van der Waals surface area (Å²) >= 11 is 0. The van der Waals surface area contributed by atoms with Crippen LogP contribution in [0.3, 0.4) is 0 Å². The molecule has 0 fully saturated rings. The van der Waals surface area contributed by atoms with Crippen LogP contribution in [-0.2, 0) is 0 Å². The Labute approximate surface area is 230 Å². The fourth-order valence-electron chi connectivity index (χ4n) is 4.15. The van der Waals surface area contributed by atoms with Gasteiger partial charge in [0.2, 0.25) is 0 Å². The van der Waals surface area contributed by atoms with E-state index in [1.165, 1.54) is 153 Å². The molecule has 0 aliphatic heterocycles. The summed E-state index contributed by atoms with van der Waals surface area (Å²) in [7, 11) is 9.17. The molecule has 0 heterocycles. The van der Waals surface area contributed by atoms with Crippen LogP contribution in [0.5, 0.6) is 0 Å². The molecule has 0 aliphatic rings. The Hall–Kier alpha value is 0.500. The number of hydrogen-bond acceptors (Lipinski definition) is 0. The molecule has 0 aliphatic carbocycles. The van der Waals surface area contributed by atoms with Crippen molar-refractivity contribution in [2.24, 2.45) is 0 Å². The average molecular weight is 528 g/mol. The minimum atomic E-state index is 0. The van der Waals surface area contributed by atoms with Gasteiger partial charge in [-0.15, -0.1) is 0 Å². The maximum Gasteiger partial charge on any atom is 0.0782 e. The number of hydrogen-bond donors (Lipinski definition) is 1. The molecule has 0 aromatic carbocycles. The lowest BCUT2D eigenvalue weighted by atomic mass is 10.1. The molecule has 0 spiro atoms. The second-order valence-electron chi connectivity index (χ2n) is 11.3. The van der Waals surface area contributed by atoms with Crippen molar-refractivity contribution < 1.29 is 34.2 Å². The second-order valence-corrected chi connectivity index (χ2v) is 11.3. The third kappa shape index (κ3) is 39.7. The fraction of sp³-hybridized carbons (Fsp3) is 1.00. The van der Waals surface area contributed by atoms with E-state index in [4.69, 9.17) is 0 Å². The molecule has 2 nitrogen and oxygen atoms in total. The molecule has 0 unspecified atom stereocenters. The minimum absolute atomic E-state index is 0. The van der Waals surface area contributed by atoms with Gasteiger partial charge in [0, 0.05) is 0 Å². The topological polar surface area (TPSA) is 4.44 Å². The Morgan fingerprint density at radius 3 is 1.03 bits per heavy atom. The summed E-state index contributed by atoms with van der Waals surface area (Å²) in [6.45, 7) is 10.8. The monoisotopic (exact) mass is 526 g/mol. The van der Waals surface area contributed by atoms with Gasteiger partial charge in [-0.1, -0.05) is 117 Å². The summed E-state index contributed by atoms with van der Waals surface area (Å²) in [6.07, 6.45) is 28.9. The molecule has 212 valence electrons. The Balaban J connectivity index is -0.000000252. The Morgan fingerprint density at radius 2 is 0.735 bits per heavy atom. The maximum atomic E-state index is 2.34. The van der Waals surface area contributed by atoms with Crippen LogP contribution in [0, 0.1) is 0 Å². The zero-order valence-electron chi connectivity index (χ0n) is 25.0. The van der Waals surface area contributed by atoms with Crippen LogP contribution in [-0.4, -0.2) is 52.3 Å². The molecule has 0 aromatic heterocycles. The number of halogens is 2. The summed E-state index contributed by atoms with van der Waals surface area (Å²) in [5.41, 5.74) is 0. The number of rotatable bonds is 23. The van der Waals surface area contributed by atoms with E-state index < -0.39 is 0 Å². The largest absolute Gasteiger partial charge is 1.00 e. The highest BCUT2D eigenvalue weighted by molar-refractivity contribution is 4.48. The normalized spacial score (nSPS) is 10.9. The highest BCUT2D eigenvalue weighted by Crippen LogP contribution is 2.12. The summed E-state index contributed by atoms with van der Waals surface area (Å²) in [4.78, 5) is 1.59. The smallest absolute Gasteiger partial charge is 0.0782 e. The summed E-state index contributed by atoms with van der Waals surface area (Å²) in [6, 6.07) is 0. The van der Waals surface area contributed by atoms with E-state index in [1.54, 1.807) is 4.90 Å². The van der Waals surface area contributed by atoms with Crippen LogP contribution in [0.4, 0.5) is 0 Å². The zero-order chi connectivity index (χ0) is 24.3. The molecule has 34 heavy (non-hydrogen) atoms. The van der Waals surface area contributed by atoms with E-state index in [2.05, 4.69) is 49.0 Å². The van der Waals surface area contributed by atoms with Gasteiger partial charge in [0.15, 0.2) is 0 Å². The third-order valence-electron chi connectivity index (χ3n) is 7.00. The lowest BCUT2D eigenvalue weighted by Gasteiger charge is -2.28. The van der Waals surface area contributed by atoms with E-state index in [0.29, 0.717) is 0 Å². The van der Waals surface area contributed by atoms with Crippen molar-refractivity contribution in [3.8, 4) is 0 Å². The predicted octanol–water partition coefficient (Wildman–Crippen LogP) is 2.06. The zero-order valence-corrected chi connectivity index (χ0v) is 26.5. The first-order valence-electron chi connectivity index (χ1n) is 15.0. The van der Waals surface area contributed by atoms with Crippen molar-refractivity contribution in [2.75, 3.05) is 47.8 Å². The lowest BCUT2D eigenvalue weighted by molar-refractivity contribution is -0.888. The molecular formula is C30H68Cl2N2. The van der Waals surface area contributed by atoms with Gasteiger partial charge in [0.05, 0.1) is 47.8 Å². The molecule has 0 saturated carbocycles. The van der Waals surface area contributed by atoms with Gasteiger partial charge in [0.1, 0.15) is 0 Å². The number of nitrogens with one attached hydrogen (secondary N) is 1. The minimum Gasteiger partial charge on any atom is -1.00 e. The molecule has 0 saturated heterocycles. The van der Waals surface area contributed by atoms with Crippen molar-refractivity contribution in [3.63, 3.8) is 0 Å². The van der Waals surface area contributed by atoms with Gasteiger partial charge >= 0.3 is 0 Å². The van der Waals surface area contributed by atoms with Crippen molar-refractivity contribution in [1.29, 1.82) is 0 Å². The lowest BCUT2D eigenvalue weighted by Crippen LogP contribution is -3.05. The van der Waals surface area contributed by atoms with E-state index in [0.717, 1.165) is 0 Å². The van der Waals surface area contributed by atoms with Crippen LogP contribution >= 0.6 is 0 Å². The molecule has 0 radical (unpaired) electrons. The van der Waals surface area contributed by atoms with Crippen LogP contribution < -0.4 is 29.7 Å². The molecular weight excluding hydrogens is 459 g/mol. The molecule has 1 N–H and O–H groups in total. The SMILES string of the molecule is CCCCCCCCCCCC[N+](C)(C)CC.CCCCCCCCCCCC[NH+](C)C.[Cl-].[Cl-]. The van der Waals surface area contributed by atoms with Crippen molar-refractivity contribution in [2.45, 2.75) is 149 Å². The predicted molar refractivity (Wildman–Crippen MR) is 149 cm³/mol. The Kier molecular flexibility index (Phi) is 41.0. The first kappa shape index (κ1) is 41.6. The van der Waals surface area contributed by atoms with E-state index in [9.17, 15) is 0 Å². The number of unbranched alkanes of at least 4 members (excludes halogenated alkanes) is 18. The van der Waals surface area contributed by atoms with E-state index in [1.807, 2.05) is 0 Å². The van der Waals surface area contributed by atoms with Crippen LogP contribution in [0.15, 0.2) is 0 Å². The first-order valence-corrected chi connectivity index (χ1v) is 15.0. The van der Waals surface area contributed by atoms with Crippen molar-refractivity contribution in [1.82, 2.24) is 0 Å². The summed E-state index contributed by atoms with van der Waals surface area (Å²) in [5.74, 6) is 0. The van der Waals surface area contributed by atoms with Crippen LogP contribution in [0.1, 0.15) is 149 Å². The highest BCUT2D eigenvalue weighted by atomic mass is 35.5. The van der Waals surface area contributed by atoms with Crippen molar-refractivity contribution >= 4 is 0 Å². The third-order valence-corrected chi connectivity index (χ3v) is 7.00. The molecule has 0 atom stereocenters. The van der Waals surface area contributed by atoms with Gasteiger partial charge in [-0.3, -0.25) is 0 Å². The fourth-order valence-corrected chi connectivity index (χ4v) is 4.15. The average Bonchev–Trinajstić information content (AvgIpc) is 2.76. The highest BCUT2D eigenvalue weighted by Gasteiger charge is 2.09. The Morgan fingerprint density at radius 1 is 0.441 bits per heavy atom. The second kappa shape index (κ2) is 33.5. The quantitative estimate of drug-likeness (QED) is 0.153. The van der Waals surface area contributed by atoms with Gasteiger partial charge < -0.3 is 34.2 Å². The van der Waals surface area contributed by atoms with Crippen molar-refractivity contribution in [3.05, 3.63) is 0 Å². The first-order chi connectivity index (χ1) is 15.4. The summed E-state index contributed by atoms with van der Waals surface area (Å²) < 4.78 is 1.19. The van der Waals surface area contributed by atoms with Gasteiger partial charge in [-0.05, 0) is 32.6 Å². The van der Waals surface area contributed by atoms with Crippen LogP contribution in [0.25, 0.3) is 0 Å². The summed E-state index contributed by atoms with van der Waals surface area (Å²) in [5, 5.41) is 0. The van der Waals surface area contributed by atoms with Gasteiger partial charge in [-0.2, -0.15) is 0 Å². The van der Waals surface area contributed by atoms with Gasteiger partial charge in [0.25, 0.3) is 0 Å². The number of nitrogens with zero attached hydrogens (tertiary/aromatic N) is 1. The van der Waals surface area contributed by atoms with Crippen LogP contribution in [0.2, 0.25) is 0 Å². The molecule has 0 bridgehead atoms. The standard InChI is InChI=1S/C16H36N.C14H31N.2ClH/c1-5-7-8-9-10-11-12-13-14-15-16-17(3,4)6-2;1-4-5-6-7-8-9-10-11-12-13-14-15(2)3;;/h5-16H2,1-4H3;4-14H2,1-3H3;2*1H/q+1;;;/p-1. The maximum absolute atomic E-state index is 2.34. The number of quaternary nitrogens is 2. The Bertz CT molecular complexity index is 336. The molecule has 4 heteroatoms. The van der Waals surface area contributed by atoms with E-state index in [-0.39, 0.29) is 24.8 Å².